The summed E-state index contributed by atoms with van der Waals surface area (Å²) in [6.07, 6.45) is 4.99. The van der Waals surface area contributed by atoms with Crippen LogP contribution in [-0.2, 0) is 17.9 Å². The molecule has 3 aromatic carbocycles. The highest BCUT2D eigenvalue weighted by atomic mass is 79.9. The molecule has 1 aromatic heterocycles. The van der Waals surface area contributed by atoms with E-state index in [4.69, 9.17) is 37.1 Å². The number of halogens is 3. The molecular formula is C30H22BrCl2N3O4S. The van der Waals surface area contributed by atoms with Crippen molar-refractivity contribution in [3.63, 3.8) is 0 Å². The van der Waals surface area contributed by atoms with E-state index in [2.05, 4.69) is 26.1 Å². The van der Waals surface area contributed by atoms with Gasteiger partial charge in [0.25, 0.3) is 5.91 Å². The third-order valence-corrected chi connectivity index (χ3v) is 7.94. The standard InChI is InChI=1S/C30H22BrCl2N3O4S/c1-38-27-13-20(7-10-26(27)40-18-21-8-9-23(32)15-25(21)33)16-34-35-30-36(17-24-6-3-11-39-24)29(37)28(41-30)14-19-4-2-5-22(31)12-19/h2-16H,17-18H2,1H3/b28-14-,34-16+,35-30-. The number of carbonyl (C=O) groups excluding carboxylic acids is 1. The van der Waals surface area contributed by atoms with Gasteiger partial charge in [-0.2, -0.15) is 5.10 Å². The Morgan fingerprint density at radius 3 is 2.66 bits per heavy atom. The molecule has 0 aliphatic carbocycles. The summed E-state index contributed by atoms with van der Waals surface area (Å²) in [6.45, 7) is 0.487. The Hall–Kier alpha value is -3.50. The lowest BCUT2D eigenvalue weighted by atomic mass is 10.2. The minimum atomic E-state index is -0.177. The van der Waals surface area contributed by atoms with Crippen molar-refractivity contribution < 1.29 is 18.7 Å². The molecule has 0 spiro atoms. The number of hydrogen-bond donors (Lipinski definition) is 0. The molecule has 1 aliphatic heterocycles. The lowest BCUT2D eigenvalue weighted by molar-refractivity contribution is -0.122. The highest BCUT2D eigenvalue weighted by Crippen LogP contribution is 2.34. The fourth-order valence-corrected chi connectivity index (χ4v) is 5.67. The first-order valence-corrected chi connectivity index (χ1v) is 14.6. The third kappa shape index (κ3) is 7.42. The van der Waals surface area contributed by atoms with Crippen molar-refractivity contribution in [1.82, 2.24) is 4.90 Å². The Balaban J connectivity index is 1.34. The van der Waals surface area contributed by atoms with Crippen LogP contribution in [0.3, 0.4) is 0 Å². The molecule has 2 heterocycles. The highest BCUT2D eigenvalue weighted by molar-refractivity contribution is 9.10. The molecule has 0 saturated carbocycles. The second kappa shape index (κ2) is 13.4. The molecular weight excluding hydrogens is 649 g/mol. The van der Waals surface area contributed by atoms with Crippen LogP contribution in [0.5, 0.6) is 11.5 Å². The quantitative estimate of drug-likeness (QED) is 0.101. The molecule has 0 atom stereocenters. The average Bonchev–Trinajstić information content (AvgIpc) is 3.57. The third-order valence-electron chi connectivity index (χ3n) is 5.86. The van der Waals surface area contributed by atoms with Gasteiger partial charge >= 0.3 is 0 Å². The minimum absolute atomic E-state index is 0.177. The van der Waals surface area contributed by atoms with Crippen LogP contribution in [0, 0.1) is 0 Å². The number of rotatable bonds is 9. The zero-order valence-electron chi connectivity index (χ0n) is 21.6. The second-order valence-electron chi connectivity index (χ2n) is 8.70. The van der Waals surface area contributed by atoms with Crippen LogP contribution in [0.4, 0.5) is 0 Å². The Labute approximate surface area is 259 Å². The number of methoxy groups -OCH3 is 1. The lowest BCUT2D eigenvalue weighted by Crippen LogP contribution is -2.28. The monoisotopic (exact) mass is 669 g/mol. The number of ether oxygens (including phenoxy) is 2. The average molecular weight is 671 g/mol. The van der Waals surface area contributed by atoms with Gasteiger partial charge in [-0.05, 0) is 83.6 Å². The maximum Gasteiger partial charge on any atom is 0.267 e. The van der Waals surface area contributed by atoms with Gasteiger partial charge in [0.1, 0.15) is 12.4 Å². The Morgan fingerprint density at radius 1 is 1.02 bits per heavy atom. The van der Waals surface area contributed by atoms with E-state index in [0.717, 1.165) is 21.2 Å². The molecule has 1 saturated heterocycles. The van der Waals surface area contributed by atoms with Crippen molar-refractivity contribution in [3.8, 4) is 11.5 Å². The van der Waals surface area contributed by atoms with Crippen LogP contribution >= 0.6 is 50.9 Å². The highest BCUT2D eigenvalue weighted by Gasteiger charge is 2.34. The van der Waals surface area contributed by atoms with Crippen molar-refractivity contribution in [2.45, 2.75) is 13.2 Å². The summed E-state index contributed by atoms with van der Waals surface area (Å²) >= 11 is 17.0. The molecule has 1 aliphatic rings. The fourth-order valence-electron chi connectivity index (χ4n) is 3.85. The fraction of sp³-hybridized carbons (Fsp3) is 0.100. The Morgan fingerprint density at radius 2 is 1.90 bits per heavy atom. The number of carbonyl (C=O) groups is 1. The predicted molar refractivity (Wildman–Crippen MR) is 168 cm³/mol. The van der Waals surface area contributed by atoms with Gasteiger partial charge in [0, 0.05) is 20.1 Å². The van der Waals surface area contributed by atoms with Gasteiger partial charge in [-0.15, -0.1) is 5.10 Å². The summed E-state index contributed by atoms with van der Waals surface area (Å²) in [5, 5.41) is 10.2. The van der Waals surface area contributed by atoms with E-state index in [-0.39, 0.29) is 19.1 Å². The van der Waals surface area contributed by atoms with Gasteiger partial charge in [0.2, 0.25) is 0 Å². The summed E-state index contributed by atoms with van der Waals surface area (Å²) < 4.78 is 17.8. The van der Waals surface area contributed by atoms with E-state index >= 15 is 0 Å². The van der Waals surface area contributed by atoms with E-state index in [1.165, 1.54) is 11.8 Å². The van der Waals surface area contributed by atoms with Crippen LogP contribution < -0.4 is 9.47 Å². The van der Waals surface area contributed by atoms with Crippen LogP contribution in [-0.4, -0.2) is 29.3 Å². The van der Waals surface area contributed by atoms with Gasteiger partial charge in [-0.25, -0.2) is 0 Å². The van der Waals surface area contributed by atoms with Gasteiger partial charge in [-0.1, -0.05) is 57.3 Å². The summed E-state index contributed by atoms with van der Waals surface area (Å²) in [5.74, 6) is 1.53. The van der Waals surface area contributed by atoms with E-state index in [9.17, 15) is 4.79 Å². The molecule has 4 aromatic rings. The molecule has 7 nitrogen and oxygen atoms in total. The molecule has 11 heteroatoms. The van der Waals surface area contributed by atoms with Gasteiger partial charge in [0.05, 0.1) is 31.0 Å². The number of nitrogens with zero attached hydrogens (tertiary/aromatic N) is 3. The molecule has 0 bridgehead atoms. The zero-order chi connectivity index (χ0) is 28.8. The summed E-state index contributed by atoms with van der Waals surface area (Å²) in [7, 11) is 1.56. The van der Waals surface area contributed by atoms with E-state index in [1.54, 1.807) is 54.8 Å². The van der Waals surface area contributed by atoms with Crippen LogP contribution in [0.25, 0.3) is 6.08 Å². The minimum Gasteiger partial charge on any atom is -0.493 e. The van der Waals surface area contributed by atoms with Crippen LogP contribution in [0.15, 0.2) is 103 Å². The van der Waals surface area contributed by atoms with Crippen LogP contribution in [0.1, 0.15) is 22.5 Å². The Bertz CT molecular complexity index is 1660. The first-order valence-electron chi connectivity index (χ1n) is 12.2. The summed E-state index contributed by atoms with van der Waals surface area (Å²) in [4.78, 5) is 15.4. The van der Waals surface area contributed by atoms with Crippen molar-refractivity contribution in [3.05, 3.63) is 121 Å². The van der Waals surface area contributed by atoms with E-state index < -0.39 is 0 Å². The molecule has 0 unspecified atom stereocenters. The maximum atomic E-state index is 13.3. The molecule has 0 radical (unpaired) electrons. The number of furan rings is 1. The molecule has 208 valence electrons. The Kier molecular flexibility index (Phi) is 9.51. The summed E-state index contributed by atoms with van der Waals surface area (Å²) in [6, 6.07) is 22.0. The number of hydrogen-bond acceptors (Lipinski definition) is 7. The molecule has 1 amide bonds. The number of amides is 1. The molecule has 1 fully saturated rings. The van der Waals surface area contributed by atoms with Gasteiger partial charge in [-0.3, -0.25) is 9.69 Å². The topological polar surface area (TPSA) is 76.6 Å². The largest absolute Gasteiger partial charge is 0.493 e. The molecule has 5 rings (SSSR count). The number of amidine groups is 1. The van der Waals surface area contributed by atoms with Crippen LogP contribution in [0.2, 0.25) is 10.0 Å². The molecule has 41 heavy (non-hydrogen) atoms. The van der Waals surface area contributed by atoms with Crippen molar-refractivity contribution in [1.29, 1.82) is 0 Å². The predicted octanol–water partition coefficient (Wildman–Crippen LogP) is 8.44. The second-order valence-corrected chi connectivity index (χ2v) is 11.5. The number of thioether (sulfide) groups is 1. The first-order chi connectivity index (χ1) is 19.9. The normalized spacial score (nSPS) is 15.4. The first kappa shape index (κ1) is 29.0. The maximum absolute atomic E-state index is 13.3. The van der Waals surface area contributed by atoms with E-state index in [1.807, 2.05) is 48.5 Å². The smallest absolute Gasteiger partial charge is 0.267 e. The zero-order valence-corrected chi connectivity index (χ0v) is 25.5. The SMILES string of the molecule is COc1cc(/C=N/N=C2\S/C(=C\c3cccc(Br)c3)C(=O)N2Cc2ccco2)ccc1OCc1ccc(Cl)cc1Cl. The van der Waals surface area contributed by atoms with Crippen molar-refractivity contribution in [2.75, 3.05) is 7.11 Å². The van der Waals surface area contributed by atoms with E-state index in [0.29, 0.717) is 37.4 Å². The number of benzene rings is 3. The van der Waals surface area contributed by atoms with Gasteiger partial charge in [0.15, 0.2) is 16.7 Å². The van der Waals surface area contributed by atoms with Crippen molar-refractivity contribution >= 4 is 74.3 Å². The van der Waals surface area contributed by atoms with Crippen molar-refractivity contribution in [2.24, 2.45) is 10.2 Å². The van der Waals surface area contributed by atoms with Gasteiger partial charge < -0.3 is 13.9 Å². The lowest BCUT2D eigenvalue weighted by Gasteiger charge is -2.13. The molecule has 0 N–H and O–H groups in total. The summed E-state index contributed by atoms with van der Waals surface area (Å²) in [5.41, 5.74) is 2.43.